The highest BCUT2D eigenvalue weighted by atomic mass is 32.1. The second-order valence-electron chi connectivity index (χ2n) is 4.86. The van der Waals surface area contributed by atoms with Crippen molar-refractivity contribution >= 4 is 12.6 Å². The molecule has 0 aliphatic heterocycles. The molecule has 2 nitrogen and oxygen atoms in total. The summed E-state index contributed by atoms with van der Waals surface area (Å²) in [6.07, 6.45) is 6.48. The molecule has 1 saturated carbocycles. The molecule has 0 saturated heterocycles. The lowest BCUT2D eigenvalue weighted by atomic mass is 9.70. The smallest absolute Gasteiger partial charge is 0.0558 e. The minimum atomic E-state index is 0.284. The number of hydrogen-bond acceptors (Lipinski definition) is 3. The molecule has 1 aliphatic rings. The molecule has 1 rings (SSSR count). The predicted octanol–water partition coefficient (Wildman–Crippen LogP) is 2.18. The maximum absolute atomic E-state index is 9.04. The molecule has 1 aliphatic carbocycles. The monoisotopic (exact) mass is 231 g/mol. The van der Waals surface area contributed by atoms with E-state index in [1.54, 1.807) is 0 Å². The summed E-state index contributed by atoms with van der Waals surface area (Å²) in [7, 11) is 0. The summed E-state index contributed by atoms with van der Waals surface area (Å²) in [5.41, 5.74) is 0.464. The Morgan fingerprint density at radius 2 is 2.07 bits per heavy atom. The molecule has 0 radical (unpaired) electrons. The average Bonchev–Trinajstić information content (AvgIpc) is 2.20. The quantitative estimate of drug-likeness (QED) is 0.626. The summed E-state index contributed by atoms with van der Waals surface area (Å²) in [5.74, 6) is 1.00. The van der Waals surface area contributed by atoms with Gasteiger partial charge in [0.05, 0.1) is 6.61 Å². The summed E-state index contributed by atoms with van der Waals surface area (Å²) >= 11 is 4.48. The molecule has 3 heteroatoms. The zero-order chi connectivity index (χ0) is 11.1. The zero-order valence-corrected chi connectivity index (χ0v) is 10.8. The van der Waals surface area contributed by atoms with Crippen molar-refractivity contribution < 1.29 is 5.11 Å². The van der Waals surface area contributed by atoms with E-state index < -0.39 is 0 Å². The molecule has 0 amide bonds. The standard InChI is InChI=1S/C12H25NOS/c1-2-3-7-13(8-9-14)10-12(11-15)5-4-6-12/h14-15H,2-11H2,1H3. The molecule has 0 atom stereocenters. The molecule has 0 heterocycles. The van der Waals surface area contributed by atoms with Crippen LogP contribution >= 0.6 is 12.6 Å². The van der Waals surface area contributed by atoms with E-state index in [0.29, 0.717) is 5.41 Å². The first-order valence-corrected chi connectivity index (χ1v) is 6.83. The number of nitrogens with zero attached hydrogens (tertiary/aromatic N) is 1. The lowest BCUT2D eigenvalue weighted by Gasteiger charge is -2.44. The van der Waals surface area contributed by atoms with E-state index in [-0.39, 0.29) is 6.61 Å². The largest absolute Gasteiger partial charge is 0.395 e. The van der Waals surface area contributed by atoms with Gasteiger partial charge in [-0.05, 0) is 37.0 Å². The van der Waals surface area contributed by atoms with E-state index in [0.717, 1.165) is 25.4 Å². The Morgan fingerprint density at radius 3 is 2.47 bits per heavy atom. The van der Waals surface area contributed by atoms with Crippen LogP contribution in [0.4, 0.5) is 0 Å². The van der Waals surface area contributed by atoms with Crippen molar-refractivity contribution in [2.75, 3.05) is 32.0 Å². The number of unbranched alkanes of at least 4 members (excludes halogenated alkanes) is 1. The molecular formula is C12H25NOS. The van der Waals surface area contributed by atoms with Gasteiger partial charge in [0.25, 0.3) is 0 Å². The highest BCUT2D eigenvalue weighted by molar-refractivity contribution is 7.80. The molecule has 90 valence electrons. The van der Waals surface area contributed by atoms with Crippen LogP contribution in [0.25, 0.3) is 0 Å². The summed E-state index contributed by atoms with van der Waals surface area (Å²) in [6.45, 7) is 5.60. The summed E-state index contributed by atoms with van der Waals surface area (Å²) in [4.78, 5) is 2.42. The Hall–Kier alpha value is 0.270. The molecule has 1 N–H and O–H groups in total. The molecule has 15 heavy (non-hydrogen) atoms. The second kappa shape index (κ2) is 6.77. The minimum absolute atomic E-state index is 0.284. The third-order valence-corrected chi connectivity index (χ3v) is 4.22. The lowest BCUT2D eigenvalue weighted by molar-refractivity contribution is 0.0776. The second-order valence-corrected chi connectivity index (χ2v) is 5.18. The molecular weight excluding hydrogens is 206 g/mol. The van der Waals surface area contributed by atoms with Crippen LogP contribution in [-0.2, 0) is 0 Å². The van der Waals surface area contributed by atoms with E-state index >= 15 is 0 Å². The molecule has 0 aromatic heterocycles. The van der Waals surface area contributed by atoms with Crippen LogP contribution in [-0.4, -0.2) is 42.0 Å². The van der Waals surface area contributed by atoms with Crippen molar-refractivity contribution in [2.45, 2.75) is 39.0 Å². The Bertz CT molecular complexity index is 165. The van der Waals surface area contributed by atoms with Crippen molar-refractivity contribution in [3.05, 3.63) is 0 Å². The molecule has 1 fully saturated rings. The van der Waals surface area contributed by atoms with Crippen LogP contribution in [0.3, 0.4) is 0 Å². The Kier molecular flexibility index (Phi) is 6.02. The summed E-state index contributed by atoms with van der Waals surface area (Å²) in [6, 6.07) is 0. The van der Waals surface area contributed by atoms with Crippen LogP contribution < -0.4 is 0 Å². The van der Waals surface area contributed by atoms with Gasteiger partial charge in [-0.2, -0.15) is 12.6 Å². The van der Waals surface area contributed by atoms with Gasteiger partial charge in [0.2, 0.25) is 0 Å². The third-order valence-electron chi connectivity index (χ3n) is 3.55. The third kappa shape index (κ3) is 3.97. The fourth-order valence-electron chi connectivity index (χ4n) is 2.31. The Morgan fingerprint density at radius 1 is 1.33 bits per heavy atom. The Balaban J connectivity index is 2.34. The molecule has 0 aromatic carbocycles. The predicted molar refractivity (Wildman–Crippen MR) is 68.6 cm³/mol. The van der Waals surface area contributed by atoms with E-state index in [9.17, 15) is 0 Å². The summed E-state index contributed by atoms with van der Waals surface area (Å²) in [5, 5.41) is 9.04. The van der Waals surface area contributed by atoms with E-state index in [4.69, 9.17) is 5.11 Å². The van der Waals surface area contributed by atoms with Crippen molar-refractivity contribution in [1.82, 2.24) is 4.90 Å². The number of hydrogen-bond donors (Lipinski definition) is 2. The van der Waals surface area contributed by atoms with Crippen LogP contribution in [0, 0.1) is 5.41 Å². The normalized spacial score (nSPS) is 19.2. The van der Waals surface area contributed by atoms with E-state index in [2.05, 4.69) is 24.5 Å². The van der Waals surface area contributed by atoms with Gasteiger partial charge in [0, 0.05) is 13.1 Å². The first kappa shape index (κ1) is 13.3. The van der Waals surface area contributed by atoms with Crippen LogP contribution in [0.15, 0.2) is 0 Å². The molecule has 0 unspecified atom stereocenters. The van der Waals surface area contributed by atoms with E-state index in [1.165, 1.54) is 32.1 Å². The van der Waals surface area contributed by atoms with Gasteiger partial charge >= 0.3 is 0 Å². The van der Waals surface area contributed by atoms with Gasteiger partial charge in [0.1, 0.15) is 0 Å². The topological polar surface area (TPSA) is 23.5 Å². The van der Waals surface area contributed by atoms with Gasteiger partial charge in [-0.1, -0.05) is 19.8 Å². The number of rotatable bonds is 8. The minimum Gasteiger partial charge on any atom is -0.395 e. The van der Waals surface area contributed by atoms with E-state index in [1.807, 2.05) is 0 Å². The highest BCUT2D eigenvalue weighted by Gasteiger charge is 2.36. The summed E-state index contributed by atoms with van der Waals surface area (Å²) < 4.78 is 0. The van der Waals surface area contributed by atoms with Gasteiger partial charge in [-0.15, -0.1) is 0 Å². The zero-order valence-electron chi connectivity index (χ0n) is 9.91. The fourth-order valence-corrected chi connectivity index (χ4v) is 2.73. The first-order chi connectivity index (χ1) is 7.26. The maximum atomic E-state index is 9.04. The van der Waals surface area contributed by atoms with Crippen molar-refractivity contribution in [2.24, 2.45) is 5.41 Å². The number of thiol groups is 1. The van der Waals surface area contributed by atoms with Gasteiger partial charge in [-0.3, -0.25) is 0 Å². The van der Waals surface area contributed by atoms with Gasteiger partial charge < -0.3 is 10.0 Å². The van der Waals surface area contributed by atoms with Gasteiger partial charge in [-0.25, -0.2) is 0 Å². The molecule has 0 spiro atoms. The molecule has 0 bridgehead atoms. The maximum Gasteiger partial charge on any atom is 0.0558 e. The fraction of sp³-hybridized carbons (Fsp3) is 1.00. The molecule has 0 aromatic rings. The van der Waals surface area contributed by atoms with Crippen molar-refractivity contribution in [3.63, 3.8) is 0 Å². The number of aliphatic hydroxyl groups excluding tert-OH is 1. The van der Waals surface area contributed by atoms with Crippen molar-refractivity contribution in [3.8, 4) is 0 Å². The first-order valence-electron chi connectivity index (χ1n) is 6.20. The Labute approximate surface area is 99.5 Å². The van der Waals surface area contributed by atoms with Crippen LogP contribution in [0.1, 0.15) is 39.0 Å². The SMILES string of the molecule is CCCCN(CCO)CC1(CS)CCC1. The van der Waals surface area contributed by atoms with Crippen molar-refractivity contribution in [1.29, 1.82) is 0 Å². The van der Waals surface area contributed by atoms with Gasteiger partial charge in [0.15, 0.2) is 0 Å². The van der Waals surface area contributed by atoms with Crippen LogP contribution in [0.2, 0.25) is 0 Å². The highest BCUT2D eigenvalue weighted by Crippen LogP contribution is 2.42. The average molecular weight is 231 g/mol. The van der Waals surface area contributed by atoms with Crippen LogP contribution in [0.5, 0.6) is 0 Å². The lowest BCUT2D eigenvalue weighted by Crippen LogP contribution is -2.44. The number of aliphatic hydroxyl groups is 1.